The van der Waals surface area contributed by atoms with Crippen molar-refractivity contribution >= 4 is 23.5 Å². The van der Waals surface area contributed by atoms with Crippen LogP contribution in [0.25, 0.3) is 0 Å². The minimum atomic E-state index is -0.442. The number of anilines is 1. The van der Waals surface area contributed by atoms with E-state index in [1.54, 1.807) is 38.1 Å². The first kappa shape index (κ1) is 18.4. The zero-order valence-electron chi connectivity index (χ0n) is 15.1. The van der Waals surface area contributed by atoms with Crippen molar-refractivity contribution < 1.29 is 19.1 Å². The second-order valence-corrected chi connectivity index (χ2v) is 6.43. The number of hydrogen-bond donors (Lipinski definition) is 1. The number of ether oxygens (including phenoxy) is 1. The number of esters is 1. The summed E-state index contributed by atoms with van der Waals surface area (Å²) in [5.41, 5.74) is 1.94. The van der Waals surface area contributed by atoms with E-state index in [2.05, 4.69) is 5.32 Å². The lowest BCUT2D eigenvalue weighted by Gasteiger charge is -2.15. The van der Waals surface area contributed by atoms with E-state index in [4.69, 9.17) is 4.74 Å². The van der Waals surface area contributed by atoms with Crippen molar-refractivity contribution in [2.24, 2.45) is 0 Å². The van der Waals surface area contributed by atoms with Crippen LogP contribution in [0.15, 0.2) is 66.4 Å². The zero-order valence-corrected chi connectivity index (χ0v) is 15.1. The van der Waals surface area contributed by atoms with Crippen molar-refractivity contribution in [2.45, 2.75) is 26.5 Å². The third kappa shape index (κ3) is 4.41. The predicted octanol–water partition coefficient (Wildman–Crippen LogP) is 3.12. The van der Waals surface area contributed by atoms with E-state index < -0.39 is 11.9 Å². The highest BCUT2D eigenvalue weighted by Gasteiger charge is 2.31. The standard InChI is InChI=1S/C21H20N2O4/c1-14(2)27-21(26)16-9-6-10-17(11-16)22-18-12-19(24)23(20(18)25)13-15-7-4-3-5-8-15/h3-12,14,22H,13H2,1-2H3. The quantitative estimate of drug-likeness (QED) is 0.630. The summed E-state index contributed by atoms with van der Waals surface area (Å²) in [6.45, 7) is 3.75. The fraction of sp³-hybridized carbons (Fsp3) is 0.190. The molecule has 27 heavy (non-hydrogen) atoms. The van der Waals surface area contributed by atoms with Gasteiger partial charge >= 0.3 is 5.97 Å². The first-order valence-electron chi connectivity index (χ1n) is 8.63. The Bertz CT molecular complexity index is 903. The summed E-state index contributed by atoms with van der Waals surface area (Å²) >= 11 is 0. The Kier molecular flexibility index (Phi) is 5.35. The SMILES string of the molecule is CC(C)OC(=O)c1cccc(NC2=CC(=O)N(Cc3ccccc3)C2=O)c1. The number of carbonyl (C=O) groups excluding carboxylic acids is 3. The number of rotatable bonds is 6. The van der Waals surface area contributed by atoms with Crippen molar-refractivity contribution in [1.29, 1.82) is 0 Å². The molecule has 6 heteroatoms. The molecule has 0 saturated carbocycles. The van der Waals surface area contributed by atoms with E-state index >= 15 is 0 Å². The van der Waals surface area contributed by atoms with Crippen LogP contribution in [-0.4, -0.2) is 28.8 Å². The molecule has 1 aliphatic heterocycles. The van der Waals surface area contributed by atoms with E-state index in [1.165, 1.54) is 11.0 Å². The van der Waals surface area contributed by atoms with Gasteiger partial charge in [0.25, 0.3) is 11.8 Å². The number of nitrogens with zero attached hydrogens (tertiary/aromatic N) is 1. The maximum absolute atomic E-state index is 12.6. The highest BCUT2D eigenvalue weighted by Crippen LogP contribution is 2.20. The number of benzene rings is 2. The van der Waals surface area contributed by atoms with E-state index in [9.17, 15) is 14.4 Å². The molecule has 2 aromatic rings. The zero-order chi connectivity index (χ0) is 19.4. The third-order valence-electron chi connectivity index (χ3n) is 3.91. The number of hydrogen-bond acceptors (Lipinski definition) is 5. The van der Waals surface area contributed by atoms with Crippen molar-refractivity contribution in [3.8, 4) is 0 Å². The van der Waals surface area contributed by atoms with Crippen LogP contribution in [-0.2, 0) is 20.9 Å². The van der Waals surface area contributed by atoms with E-state index in [0.29, 0.717) is 11.3 Å². The average molecular weight is 364 g/mol. The molecule has 1 aliphatic rings. The summed E-state index contributed by atoms with van der Waals surface area (Å²) < 4.78 is 5.17. The molecule has 0 aromatic heterocycles. The molecule has 1 heterocycles. The lowest BCUT2D eigenvalue weighted by atomic mass is 10.2. The Hall–Kier alpha value is -3.41. The van der Waals surface area contributed by atoms with Gasteiger partial charge in [-0.15, -0.1) is 0 Å². The van der Waals surface area contributed by atoms with Gasteiger partial charge in [0.2, 0.25) is 0 Å². The predicted molar refractivity (Wildman–Crippen MR) is 101 cm³/mol. The van der Waals surface area contributed by atoms with Crippen molar-refractivity contribution in [3.63, 3.8) is 0 Å². The van der Waals surface area contributed by atoms with Crippen LogP contribution in [0, 0.1) is 0 Å². The van der Waals surface area contributed by atoms with Crippen LogP contribution in [0.5, 0.6) is 0 Å². The number of nitrogens with one attached hydrogen (secondary N) is 1. The molecule has 0 radical (unpaired) electrons. The van der Waals surface area contributed by atoms with Crippen molar-refractivity contribution in [2.75, 3.05) is 5.32 Å². The van der Waals surface area contributed by atoms with Gasteiger partial charge < -0.3 is 10.1 Å². The first-order chi connectivity index (χ1) is 12.9. The lowest BCUT2D eigenvalue weighted by molar-refractivity contribution is -0.137. The van der Waals surface area contributed by atoms with Gasteiger partial charge in [0, 0.05) is 11.8 Å². The van der Waals surface area contributed by atoms with Crippen LogP contribution in [0.3, 0.4) is 0 Å². The molecule has 0 atom stereocenters. The Morgan fingerprint density at radius 3 is 2.52 bits per heavy atom. The fourth-order valence-corrected chi connectivity index (χ4v) is 2.68. The van der Waals surface area contributed by atoms with Gasteiger partial charge in [0.15, 0.2) is 0 Å². The fourth-order valence-electron chi connectivity index (χ4n) is 2.68. The van der Waals surface area contributed by atoms with Crippen LogP contribution in [0.1, 0.15) is 29.8 Å². The number of carbonyl (C=O) groups is 3. The molecule has 3 rings (SSSR count). The van der Waals surface area contributed by atoms with Gasteiger partial charge in [-0.1, -0.05) is 36.4 Å². The van der Waals surface area contributed by atoms with Crippen LogP contribution in [0.4, 0.5) is 5.69 Å². The molecule has 0 saturated heterocycles. The molecular weight excluding hydrogens is 344 g/mol. The second kappa shape index (κ2) is 7.86. The summed E-state index contributed by atoms with van der Waals surface area (Å²) in [6, 6.07) is 15.9. The minimum Gasteiger partial charge on any atom is -0.459 e. The highest BCUT2D eigenvalue weighted by atomic mass is 16.5. The summed E-state index contributed by atoms with van der Waals surface area (Å²) in [5, 5.41) is 2.93. The Balaban J connectivity index is 1.71. The van der Waals surface area contributed by atoms with Crippen LogP contribution in [0.2, 0.25) is 0 Å². The van der Waals surface area contributed by atoms with Crippen molar-refractivity contribution in [1.82, 2.24) is 4.90 Å². The Morgan fingerprint density at radius 2 is 1.81 bits per heavy atom. The summed E-state index contributed by atoms with van der Waals surface area (Å²) in [5.74, 6) is -1.22. The van der Waals surface area contributed by atoms with E-state index in [1.807, 2.05) is 30.3 Å². The lowest BCUT2D eigenvalue weighted by Crippen LogP contribution is -2.31. The molecule has 0 spiro atoms. The first-order valence-corrected chi connectivity index (χ1v) is 8.63. The molecule has 2 amide bonds. The second-order valence-electron chi connectivity index (χ2n) is 6.43. The molecule has 138 valence electrons. The summed E-state index contributed by atoms with van der Waals surface area (Å²) in [7, 11) is 0. The molecule has 0 aliphatic carbocycles. The van der Waals surface area contributed by atoms with Gasteiger partial charge in [0.05, 0.1) is 18.2 Å². The molecule has 1 N–H and O–H groups in total. The summed E-state index contributed by atoms with van der Waals surface area (Å²) in [4.78, 5) is 38.0. The maximum atomic E-state index is 12.6. The van der Waals surface area contributed by atoms with Crippen LogP contribution >= 0.6 is 0 Å². The highest BCUT2D eigenvalue weighted by molar-refractivity contribution is 6.17. The normalized spacial score (nSPS) is 13.7. The van der Waals surface area contributed by atoms with Gasteiger partial charge in [-0.05, 0) is 37.6 Å². The van der Waals surface area contributed by atoms with Gasteiger partial charge in [0.1, 0.15) is 5.70 Å². The topological polar surface area (TPSA) is 75.7 Å². The molecule has 6 nitrogen and oxygen atoms in total. The monoisotopic (exact) mass is 364 g/mol. The molecule has 0 unspecified atom stereocenters. The largest absolute Gasteiger partial charge is 0.459 e. The summed E-state index contributed by atoms with van der Waals surface area (Å²) in [6.07, 6.45) is 1.04. The minimum absolute atomic E-state index is 0.172. The van der Waals surface area contributed by atoms with Crippen molar-refractivity contribution in [3.05, 3.63) is 77.5 Å². The van der Waals surface area contributed by atoms with Gasteiger partial charge in [-0.3, -0.25) is 14.5 Å². The number of amides is 2. The molecule has 2 aromatic carbocycles. The van der Waals surface area contributed by atoms with Crippen LogP contribution < -0.4 is 5.32 Å². The smallest absolute Gasteiger partial charge is 0.338 e. The maximum Gasteiger partial charge on any atom is 0.338 e. The van der Waals surface area contributed by atoms with Gasteiger partial charge in [-0.25, -0.2) is 4.79 Å². The third-order valence-corrected chi connectivity index (χ3v) is 3.91. The number of imide groups is 1. The molecular formula is C21H20N2O4. The Morgan fingerprint density at radius 1 is 1.07 bits per heavy atom. The van der Waals surface area contributed by atoms with Gasteiger partial charge in [-0.2, -0.15) is 0 Å². The average Bonchev–Trinajstić information content (AvgIpc) is 2.90. The molecule has 0 fully saturated rings. The molecule has 0 bridgehead atoms. The van der Waals surface area contributed by atoms with E-state index in [0.717, 1.165) is 5.56 Å². The van der Waals surface area contributed by atoms with E-state index in [-0.39, 0.29) is 24.3 Å². The Labute approximate surface area is 157 Å².